The van der Waals surface area contributed by atoms with Crippen molar-refractivity contribution in [3.63, 3.8) is 0 Å². The predicted octanol–water partition coefficient (Wildman–Crippen LogP) is 1.65. The molecule has 23 heavy (non-hydrogen) atoms. The lowest BCUT2D eigenvalue weighted by atomic mass is 9.99. The highest BCUT2D eigenvalue weighted by Gasteiger charge is 2.24. The van der Waals surface area contributed by atoms with E-state index in [2.05, 4.69) is 27.0 Å². The van der Waals surface area contributed by atoms with Crippen molar-refractivity contribution in [3.8, 4) is 5.75 Å². The van der Waals surface area contributed by atoms with E-state index in [0.29, 0.717) is 5.92 Å². The average Bonchev–Trinajstić information content (AvgIpc) is 3.04. The van der Waals surface area contributed by atoms with Gasteiger partial charge in [0.05, 0.1) is 19.5 Å². The number of aromatic nitrogens is 2. The van der Waals surface area contributed by atoms with Gasteiger partial charge in [0.15, 0.2) is 0 Å². The van der Waals surface area contributed by atoms with Gasteiger partial charge in [0.1, 0.15) is 17.3 Å². The Balaban J connectivity index is 1.63. The maximum atomic E-state index is 11.2. The first-order valence-electron chi connectivity index (χ1n) is 7.65. The smallest absolute Gasteiger partial charge is 0.268 e. The summed E-state index contributed by atoms with van der Waals surface area (Å²) in [6, 6.07) is 8.19. The monoisotopic (exact) mass is 312 g/mol. The van der Waals surface area contributed by atoms with Crippen molar-refractivity contribution >= 4 is 11.7 Å². The topological polar surface area (TPSA) is 81.3 Å². The molecule has 1 aliphatic heterocycles. The molecule has 2 N–H and O–H groups in total. The molecule has 2 heterocycles. The Morgan fingerprint density at radius 2 is 2.13 bits per heavy atom. The highest BCUT2D eigenvalue weighted by Crippen LogP contribution is 2.25. The van der Waals surface area contributed by atoms with E-state index in [1.807, 2.05) is 12.1 Å². The standard InChI is InChI=1S/C17H20N4O2/c1-23-14-4-2-12(3-5-14)8-13-6-7-21(11-13)16-10-19-9-15(20-16)17(18)22/h2-5,9-10,13H,6-8,11H2,1H3,(H2,18,22). The summed E-state index contributed by atoms with van der Waals surface area (Å²) in [5.41, 5.74) is 6.77. The molecule has 1 saturated heterocycles. The molecule has 0 bridgehead atoms. The molecule has 3 rings (SSSR count). The lowest BCUT2D eigenvalue weighted by Gasteiger charge is -2.17. The molecule has 0 spiro atoms. The van der Waals surface area contributed by atoms with Gasteiger partial charge in [-0.25, -0.2) is 4.98 Å². The first-order valence-corrected chi connectivity index (χ1v) is 7.65. The molecular formula is C17H20N4O2. The van der Waals surface area contributed by atoms with E-state index in [4.69, 9.17) is 10.5 Å². The summed E-state index contributed by atoms with van der Waals surface area (Å²) in [5.74, 6) is 1.61. The Morgan fingerprint density at radius 3 is 2.83 bits per heavy atom. The summed E-state index contributed by atoms with van der Waals surface area (Å²) in [6.07, 6.45) is 5.19. The highest BCUT2D eigenvalue weighted by atomic mass is 16.5. The molecule has 1 aromatic carbocycles. The van der Waals surface area contributed by atoms with Gasteiger partial charge in [-0.1, -0.05) is 12.1 Å². The van der Waals surface area contributed by atoms with Crippen molar-refractivity contribution in [1.82, 2.24) is 9.97 Å². The predicted molar refractivity (Wildman–Crippen MR) is 87.6 cm³/mol. The van der Waals surface area contributed by atoms with Crippen molar-refractivity contribution < 1.29 is 9.53 Å². The summed E-state index contributed by atoms with van der Waals surface area (Å²) in [6.45, 7) is 1.82. The van der Waals surface area contributed by atoms with Crippen LogP contribution >= 0.6 is 0 Å². The number of nitrogens with zero attached hydrogens (tertiary/aromatic N) is 3. The zero-order valence-electron chi connectivity index (χ0n) is 13.1. The number of ether oxygens (including phenoxy) is 1. The van der Waals surface area contributed by atoms with Crippen LogP contribution in [0.5, 0.6) is 5.75 Å². The number of hydrogen-bond acceptors (Lipinski definition) is 5. The van der Waals surface area contributed by atoms with Crippen molar-refractivity contribution in [2.75, 3.05) is 25.1 Å². The second-order valence-electron chi connectivity index (χ2n) is 5.78. The van der Waals surface area contributed by atoms with E-state index in [1.54, 1.807) is 13.3 Å². The first kappa shape index (κ1) is 15.3. The third kappa shape index (κ3) is 3.59. The Kier molecular flexibility index (Phi) is 4.41. The Labute approximate surface area is 135 Å². The molecular weight excluding hydrogens is 292 g/mol. The van der Waals surface area contributed by atoms with E-state index in [1.165, 1.54) is 11.8 Å². The Bertz CT molecular complexity index is 687. The van der Waals surface area contributed by atoms with E-state index >= 15 is 0 Å². The number of carbonyl (C=O) groups is 1. The van der Waals surface area contributed by atoms with E-state index in [0.717, 1.165) is 37.5 Å². The fraction of sp³-hybridized carbons (Fsp3) is 0.353. The molecule has 0 radical (unpaired) electrons. The number of carbonyl (C=O) groups excluding carboxylic acids is 1. The molecule has 1 atom stereocenters. The summed E-state index contributed by atoms with van der Waals surface area (Å²) in [4.78, 5) is 21.7. The van der Waals surface area contributed by atoms with Gasteiger partial charge >= 0.3 is 0 Å². The van der Waals surface area contributed by atoms with Gasteiger partial charge in [0.2, 0.25) is 0 Å². The maximum absolute atomic E-state index is 11.2. The van der Waals surface area contributed by atoms with Crippen LogP contribution in [0.15, 0.2) is 36.7 Å². The molecule has 1 fully saturated rings. The molecule has 1 unspecified atom stereocenters. The SMILES string of the molecule is COc1ccc(CC2CCN(c3cncc(C(N)=O)n3)C2)cc1. The van der Waals surface area contributed by atoms with E-state index in [-0.39, 0.29) is 5.69 Å². The number of amides is 1. The van der Waals surface area contributed by atoms with Gasteiger partial charge in [0.25, 0.3) is 5.91 Å². The normalized spacial score (nSPS) is 17.3. The van der Waals surface area contributed by atoms with Crippen molar-refractivity contribution in [2.24, 2.45) is 11.7 Å². The second-order valence-corrected chi connectivity index (χ2v) is 5.78. The molecule has 6 heteroatoms. The minimum atomic E-state index is -0.548. The van der Waals surface area contributed by atoms with Crippen molar-refractivity contribution in [3.05, 3.63) is 47.9 Å². The number of primary amides is 1. The van der Waals surface area contributed by atoms with Crippen LogP contribution in [-0.2, 0) is 6.42 Å². The van der Waals surface area contributed by atoms with Crippen LogP contribution in [0.2, 0.25) is 0 Å². The summed E-state index contributed by atoms with van der Waals surface area (Å²) in [5, 5.41) is 0. The van der Waals surface area contributed by atoms with Crippen molar-refractivity contribution in [1.29, 1.82) is 0 Å². The zero-order valence-corrected chi connectivity index (χ0v) is 13.1. The average molecular weight is 312 g/mol. The van der Waals surface area contributed by atoms with Gasteiger partial charge in [-0.3, -0.25) is 9.78 Å². The van der Waals surface area contributed by atoms with Crippen LogP contribution in [-0.4, -0.2) is 36.1 Å². The number of nitrogens with two attached hydrogens (primary N) is 1. The molecule has 120 valence electrons. The minimum absolute atomic E-state index is 0.209. The van der Waals surface area contributed by atoms with Crippen molar-refractivity contribution in [2.45, 2.75) is 12.8 Å². The third-order valence-electron chi connectivity index (χ3n) is 4.17. The van der Waals surface area contributed by atoms with Gasteiger partial charge in [0, 0.05) is 13.1 Å². The number of benzene rings is 1. The fourth-order valence-electron chi connectivity index (χ4n) is 2.93. The van der Waals surface area contributed by atoms with E-state index < -0.39 is 5.91 Å². The molecule has 1 aliphatic rings. The molecule has 6 nitrogen and oxygen atoms in total. The lowest BCUT2D eigenvalue weighted by Crippen LogP contribution is -2.23. The summed E-state index contributed by atoms with van der Waals surface area (Å²) in [7, 11) is 1.67. The summed E-state index contributed by atoms with van der Waals surface area (Å²) >= 11 is 0. The van der Waals surface area contributed by atoms with Crippen LogP contribution in [0.1, 0.15) is 22.5 Å². The third-order valence-corrected chi connectivity index (χ3v) is 4.17. The van der Waals surface area contributed by atoms with E-state index in [9.17, 15) is 4.79 Å². The Morgan fingerprint density at radius 1 is 1.35 bits per heavy atom. The van der Waals surface area contributed by atoms with Gasteiger partial charge in [-0.2, -0.15) is 0 Å². The quantitative estimate of drug-likeness (QED) is 0.908. The van der Waals surface area contributed by atoms with Gasteiger partial charge in [-0.05, 0) is 36.5 Å². The second kappa shape index (κ2) is 6.64. The number of rotatable bonds is 5. The summed E-state index contributed by atoms with van der Waals surface area (Å²) < 4.78 is 5.18. The zero-order chi connectivity index (χ0) is 16.2. The number of hydrogen-bond donors (Lipinski definition) is 1. The molecule has 0 saturated carbocycles. The van der Waals surface area contributed by atoms with Crippen LogP contribution in [0.4, 0.5) is 5.82 Å². The highest BCUT2D eigenvalue weighted by molar-refractivity contribution is 5.90. The van der Waals surface area contributed by atoms with Crippen LogP contribution in [0.3, 0.4) is 0 Å². The number of methoxy groups -OCH3 is 1. The maximum Gasteiger partial charge on any atom is 0.268 e. The van der Waals surface area contributed by atoms with Crippen LogP contribution < -0.4 is 15.4 Å². The first-order chi connectivity index (χ1) is 11.2. The minimum Gasteiger partial charge on any atom is -0.497 e. The number of anilines is 1. The van der Waals surface area contributed by atoms with Gasteiger partial charge in [-0.15, -0.1) is 0 Å². The van der Waals surface area contributed by atoms with Crippen LogP contribution in [0, 0.1) is 5.92 Å². The van der Waals surface area contributed by atoms with Crippen LogP contribution in [0.25, 0.3) is 0 Å². The molecule has 2 aromatic rings. The van der Waals surface area contributed by atoms with Gasteiger partial charge < -0.3 is 15.4 Å². The fourth-order valence-corrected chi connectivity index (χ4v) is 2.93. The Hall–Kier alpha value is -2.63. The molecule has 1 aromatic heterocycles. The molecule has 1 amide bonds. The molecule has 0 aliphatic carbocycles. The lowest BCUT2D eigenvalue weighted by molar-refractivity contribution is 0.0995. The largest absolute Gasteiger partial charge is 0.497 e.